The minimum Gasteiger partial charge on any atom is -0.510 e. The first-order chi connectivity index (χ1) is 8.59. The maximum Gasteiger partial charge on any atom is 0.164 e. The molecule has 0 unspecified atom stereocenters. The lowest BCUT2D eigenvalue weighted by molar-refractivity contribution is 0.0164. The number of aryl methyl sites for hydroxylation is 1. The largest absolute Gasteiger partial charge is 0.510 e. The van der Waals surface area contributed by atoms with Crippen molar-refractivity contribution in [2.24, 2.45) is 0 Å². The summed E-state index contributed by atoms with van der Waals surface area (Å²) in [6.07, 6.45) is 1.95. The molecule has 7 heteroatoms. The molecule has 0 amide bonds. The number of hydrogen-bond donors (Lipinski definition) is 3. The maximum atomic E-state index is 9.87. The summed E-state index contributed by atoms with van der Waals surface area (Å²) in [6.45, 7) is 1.81. The summed E-state index contributed by atoms with van der Waals surface area (Å²) in [5, 5.41) is 28.9. The smallest absolute Gasteiger partial charge is 0.164 e. The average Bonchev–Trinajstić information content (AvgIpc) is 2.88. The molecule has 0 bridgehead atoms. The molecule has 0 aliphatic heterocycles. The highest BCUT2D eigenvalue weighted by Crippen LogP contribution is 2.30. The third kappa shape index (κ3) is 1.41. The van der Waals surface area contributed by atoms with Gasteiger partial charge in [-0.15, -0.1) is 0 Å². The molecule has 0 fully saturated rings. The van der Waals surface area contributed by atoms with E-state index >= 15 is 0 Å². The van der Waals surface area contributed by atoms with Crippen LogP contribution in [0.1, 0.15) is 11.7 Å². The Kier molecular flexibility index (Phi) is 2.32. The molecule has 0 aromatic carbocycles. The highest BCUT2D eigenvalue weighted by molar-refractivity contribution is 5.73. The van der Waals surface area contributed by atoms with Crippen LogP contribution < -0.4 is 0 Å². The van der Waals surface area contributed by atoms with Crippen molar-refractivity contribution in [2.75, 3.05) is 0 Å². The molecule has 2 aromatic rings. The van der Waals surface area contributed by atoms with Crippen LogP contribution in [0.3, 0.4) is 0 Å². The van der Waals surface area contributed by atoms with Gasteiger partial charge in [-0.1, -0.05) is 0 Å². The molecule has 0 spiro atoms. The van der Waals surface area contributed by atoms with Crippen LogP contribution in [0.2, 0.25) is 0 Å². The number of imidazole rings is 1. The summed E-state index contributed by atoms with van der Waals surface area (Å²) >= 11 is 0. The second kappa shape index (κ2) is 3.76. The standard InChI is InChI=1S/C11H12N4O3/c1-5-8-11(13-3-12-5)15(4-14-8)6-2-7(16)10(18)9(6)17/h2-4,6,9-10,16-18H,1H3/t6-,9+,10-/m0/s1. The molecule has 2 aromatic heterocycles. The molecular weight excluding hydrogens is 236 g/mol. The van der Waals surface area contributed by atoms with Crippen LogP contribution in [0.15, 0.2) is 24.5 Å². The molecular formula is C11H12N4O3. The fraction of sp³-hybridized carbons (Fsp3) is 0.364. The highest BCUT2D eigenvalue weighted by Gasteiger charge is 2.36. The van der Waals surface area contributed by atoms with E-state index < -0.39 is 18.2 Å². The molecule has 3 rings (SSSR count). The first-order valence-electron chi connectivity index (χ1n) is 5.50. The molecule has 94 valence electrons. The summed E-state index contributed by atoms with van der Waals surface area (Å²) in [5.41, 5.74) is 1.93. The number of aromatic nitrogens is 4. The van der Waals surface area contributed by atoms with Gasteiger partial charge in [0, 0.05) is 0 Å². The van der Waals surface area contributed by atoms with Crippen molar-refractivity contribution >= 4 is 11.2 Å². The van der Waals surface area contributed by atoms with Gasteiger partial charge in [-0.25, -0.2) is 15.0 Å². The van der Waals surface area contributed by atoms with E-state index in [1.807, 2.05) is 6.92 Å². The van der Waals surface area contributed by atoms with Crippen molar-refractivity contribution in [1.82, 2.24) is 19.5 Å². The fourth-order valence-corrected chi connectivity index (χ4v) is 2.17. The third-order valence-corrected chi connectivity index (χ3v) is 3.18. The zero-order valence-electron chi connectivity index (χ0n) is 9.59. The first-order valence-corrected chi connectivity index (χ1v) is 5.50. The van der Waals surface area contributed by atoms with E-state index in [2.05, 4.69) is 15.0 Å². The maximum absolute atomic E-state index is 9.87. The lowest BCUT2D eigenvalue weighted by Gasteiger charge is -2.17. The number of fused-ring (bicyclic) bond motifs is 1. The second-order valence-corrected chi connectivity index (χ2v) is 4.30. The number of nitrogens with zero attached hydrogens (tertiary/aromatic N) is 4. The lowest BCUT2D eigenvalue weighted by Crippen LogP contribution is -2.29. The minimum absolute atomic E-state index is 0.236. The van der Waals surface area contributed by atoms with Gasteiger partial charge < -0.3 is 19.9 Å². The Labute approximate surface area is 102 Å². The Morgan fingerprint density at radius 3 is 2.67 bits per heavy atom. The summed E-state index contributed by atoms with van der Waals surface area (Å²) in [4.78, 5) is 12.3. The molecule has 2 heterocycles. The van der Waals surface area contributed by atoms with Crippen LogP contribution in [-0.4, -0.2) is 47.0 Å². The summed E-state index contributed by atoms with van der Waals surface area (Å²) < 4.78 is 1.61. The van der Waals surface area contributed by atoms with Crippen molar-refractivity contribution < 1.29 is 15.3 Å². The highest BCUT2D eigenvalue weighted by atomic mass is 16.4. The van der Waals surface area contributed by atoms with E-state index in [1.54, 1.807) is 4.57 Å². The fourth-order valence-electron chi connectivity index (χ4n) is 2.17. The monoisotopic (exact) mass is 248 g/mol. The van der Waals surface area contributed by atoms with Crippen LogP contribution in [0.4, 0.5) is 0 Å². The Hall–Kier alpha value is -1.99. The number of hydrogen-bond acceptors (Lipinski definition) is 6. The van der Waals surface area contributed by atoms with Gasteiger partial charge in [0.05, 0.1) is 18.1 Å². The van der Waals surface area contributed by atoms with Crippen molar-refractivity contribution in [3.8, 4) is 0 Å². The minimum atomic E-state index is -1.27. The number of rotatable bonds is 1. The average molecular weight is 248 g/mol. The van der Waals surface area contributed by atoms with E-state index in [9.17, 15) is 15.3 Å². The van der Waals surface area contributed by atoms with E-state index in [0.717, 1.165) is 5.69 Å². The van der Waals surface area contributed by atoms with Gasteiger partial charge in [-0.3, -0.25) is 0 Å². The lowest BCUT2D eigenvalue weighted by atomic mass is 10.2. The van der Waals surface area contributed by atoms with Gasteiger partial charge in [0.1, 0.15) is 29.8 Å². The van der Waals surface area contributed by atoms with Gasteiger partial charge in [0.15, 0.2) is 5.65 Å². The van der Waals surface area contributed by atoms with Crippen LogP contribution >= 0.6 is 0 Å². The summed E-state index contributed by atoms with van der Waals surface area (Å²) in [5.74, 6) is -0.236. The molecule has 18 heavy (non-hydrogen) atoms. The molecule has 0 saturated carbocycles. The summed E-state index contributed by atoms with van der Waals surface area (Å²) in [7, 11) is 0. The quantitative estimate of drug-likeness (QED) is 0.648. The van der Waals surface area contributed by atoms with Crippen LogP contribution in [0.25, 0.3) is 11.2 Å². The first kappa shape index (κ1) is 11.1. The van der Waals surface area contributed by atoms with Gasteiger partial charge >= 0.3 is 0 Å². The molecule has 1 aliphatic carbocycles. The number of aliphatic hydroxyl groups is 3. The van der Waals surface area contributed by atoms with Crippen molar-refractivity contribution in [3.63, 3.8) is 0 Å². The van der Waals surface area contributed by atoms with Gasteiger partial charge in [-0.05, 0) is 13.0 Å². The molecule has 3 atom stereocenters. The third-order valence-electron chi connectivity index (χ3n) is 3.18. The second-order valence-electron chi connectivity index (χ2n) is 4.30. The van der Waals surface area contributed by atoms with Crippen molar-refractivity contribution in [1.29, 1.82) is 0 Å². The van der Waals surface area contributed by atoms with E-state index in [1.165, 1.54) is 18.7 Å². The van der Waals surface area contributed by atoms with Gasteiger partial charge in [-0.2, -0.15) is 0 Å². The molecule has 0 radical (unpaired) electrons. The molecule has 7 nitrogen and oxygen atoms in total. The predicted octanol–water partition coefficient (Wildman–Crippen LogP) is -0.147. The van der Waals surface area contributed by atoms with E-state index in [4.69, 9.17) is 0 Å². The topological polar surface area (TPSA) is 104 Å². The molecule has 1 aliphatic rings. The number of aliphatic hydroxyl groups excluding tert-OH is 3. The Morgan fingerprint density at radius 1 is 1.22 bits per heavy atom. The SMILES string of the molecule is Cc1ncnc2c1ncn2[C@H]1C=C(O)[C@H](O)[C@@H]1O. The van der Waals surface area contributed by atoms with Crippen LogP contribution in [-0.2, 0) is 0 Å². The summed E-state index contributed by atoms with van der Waals surface area (Å²) in [6, 6.07) is -0.584. The Morgan fingerprint density at radius 2 is 2.00 bits per heavy atom. The Balaban J connectivity index is 2.14. The Bertz CT molecular complexity index is 636. The molecule has 0 saturated heterocycles. The van der Waals surface area contributed by atoms with Crippen LogP contribution in [0, 0.1) is 6.92 Å². The normalized spacial score (nSPS) is 27.7. The van der Waals surface area contributed by atoms with Crippen LogP contribution in [0.5, 0.6) is 0 Å². The zero-order chi connectivity index (χ0) is 12.9. The zero-order valence-corrected chi connectivity index (χ0v) is 9.59. The van der Waals surface area contributed by atoms with E-state index in [-0.39, 0.29) is 5.76 Å². The predicted molar refractivity (Wildman–Crippen MR) is 61.8 cm³/mol. The molecule has 3 N–H and O–H groups in total. The van der Waals surface area contributed by atoms with Gasteiger partial charge in [0.2, 0.25) is 0 Å². The van der Waals surface area contributed by atoms with Gasteiger partial charge in [0.25, 0.3) is 0 Å². The van der Waals surface area contributed by atoms with E-state index in [0.29, 0.717) is 11.2 Å². The van der Waals surface area contributed by atoms with Crippen molar-refractivity contribution in [3.05, 3.63) is 30.2 Å². The van der Waals surface area contributed by atoms with Crippen molar-refractivity contribution in [2.45, 2.75) is 25.2 Å².